The predicted molar refractivity (Wildman–Crippen MR) is 121 cm³/mol. The molecule has 0 saturated heterocycles. The highest BCUT2D eigenvalue weighted by Gasteiger charge is 2.11. The van der Waals surface area contributed by atoms with Crippen LogP contribution in [0.25, 0.3) is 26.9 Å². The normalized spacial score (nSPS) is 11.1. The van der Waals surface area contributed by atoms with Gasteiger partial charge in [-0.05, 0) is 54.1 Å². The van der Waals surface area contributed by atoms with E-state index in [1.807, 2.05) is 54.6 Å². The Morgan fingerprint density at radius 2 is 1.90 bits per heavy atom. The number of benzene rings is 3. The molecule has 0 aliphatic rings. The number of para-hydroxylation sites is 1. The fourth-order valence-electron chi connectivity index (χ4n) is 2.83. The van der Waals surface area contributed by atoms with Crippen LogP contribution in [0.5, 0.6) is 5.75 Å². The smallest absolute Gasteiger partial charge is 0.248 e. The molecule has 0 bridgehead atoms. The number of rotatable bonds is 5. The summed E-state index contributed by atoms with van der Waals surface area (Å²) in [5, 5.41) is 4.29. The first-order valence-electron chi connectivity index (χ1n) is 8.91. The number of thiazole rings is 1. The van der Waals surface area contributed by atoms with Crippen molar-refractivity contribution in [3.8, 4) is 16.3 Å². The Bertz CT molecular complexity index is 1170. The molecule has 0 spiro atoms. The van der Waals surface area contributed by atoms with Crippen molar-refractivity contribution in [2.45, 2.75) is 0 Å². The molecule has 1 N–H and O–H groups in total. The average molecular weight is 421 g/mol. The molecule has 4 aromatic rings. The third-order valence-electron chi connectivity index (χ3n) is 4.30. The van der Waals surface area contributed by atoms with Gasteiger partial charge in [0.05, 0.1) is 22.3 Å². The zero-order chi connectivity index (χ0) is 20.2. The highest BCUT2D eigenvalue weighted by Crippen LogP contribution is 2.35. The first-order valence-corrected chi connectivity index (χ1v) is 10.1. The van der Waals surface area contributed by atoms with Crippen molar-refractivity contribution in [2.24, 2.45) is 0 Å². The molecule has 29 heavy (non-hydrogen) atoms. The minimum atomic E-state index is -0.224. The van der Waals surface area contributed by atoms with Crippen LogP contribution in [0.1, 0.15) is 5.56 Å². The van der Waals surface area contributed by atoms with Crippen molar-refractivity contribution in [2.75, 3.05) is 12.4 Å². The van der Waals surface area contributed by atoms with Crippen molar-refractivity contribution in [1.29, 1.82) is 0 Å². The van der Waals surface area contributed by atoms with Crippen molar-refractivity contribution in [3.63, 3.8) is 0 Å². The zero-order valence-corrected chi connectivity index (χ0v) is 17.1. The predicted octanol–water partition coefficient (Wildman–Crippen LogP) is 6.28. The lowest BCUT2D eigenvalue weighted by Crippen LogP contribution is -2.07. The van der Waals surface area contributed by atoms with Crippen LogP contribution < -0.4 is 10.1 Å². The van der Waals surface area contributed by atoms with Crippen molar-refractivity contribution in [1.82, 2.24) is 4.98 Å². The van der Waals surface area contributed by atoms with E-state index in [9.17, 15) is 4.79 Å². The molecule has 0 atom stereocenters. The van der Waals surface area contributed by atoms with E-state index in [1.165, 1.54) is 6.08 Å². The number of fused-ring (bicyclic) bond motifs is 1. The number of ether oxygens (including phenoxy) is 1. The van der Waals surface area contributed by atoms with Crippen LogP contribution in [-0.2, 0) is 4.79 Å². The van der Waals surface area contributed by atoms with Crippen LogP contribution >= 0.6 is 22.9 Å². The van der Waals surface area contributed by atoms with Crippen LogP contribution in [-0.4, -0.2) is 18.0 Å². The first kappa shape index (κ1) is 19.2. The number of aromatic nitrogens is 1. The van der Waals surface area contributed by atoms with Crippen LogP contribution in [0.2, 0.25) is 5.02 Å². The summed E-state index contributed by atoms with van der Waals surface area (Å²) in [5.41, 5.74) is 3.30. The summed E-state index contributed by atoms with van der Waals surface area (Å²) < 4.78 is 6.22. The monoisotopic (exact) mass is 420 g/mol. The molecule has 144 valence electrons. The molecule has 3 aromatic carbocycles. The Kier molecular flexibility index (Phi) is 5.60. The van der Waals surface area contributed by atoms with E-state index in [2.05, 4.69) is 10.3 Å². The van der Waals surface area contributed by atoms with Gasteiger partial charge in [0.2, 0.25) is 5.91 Å². The average Bonchev–Trinajstić information content (AvgIpc) is 3.18. The highest BCUT2D eigenvalue weighted by atomic mass is 35.5. The number of hydrogen-bond acceptors (Lipinski definition) is 4. The van der Waals surface area contributed by atoms with Gasteiger partial charge in [-0.25, -0.2) is 4.98 Å². The molecule has 0 fully saturated rings. The largest absolute Gasteiger partial charge is 0.497 e. The van der Waals surface area contributed by atoms with Gasteiger partial charge in [0.25, 0.3) is 0 Å². The molecule has 0 aliphatic heterocycles. The highest BCUT2D eigenvalue weighted by molar-refractivity contribution is 7.21. The molecule has 1 aromatic heterocycles. The van der Waals surface area contributed by atoms with Gasteiger partial charge >= 0.3 is 0 Å². The summed E-state index contributed by atoms with van der Waals surface area (Å²) in [6.45, 7) is 0. The Balaban J connectivity index is 1.52. The van der Waals surface area contributed by atoms with Crippen LogP contribution in [0.4, 0.5) is 5.69 Å². The summed E-state index contributed by atoms with van der Waals surface area (Å²) >= 11 is 7.96. The van der Waals surface area contributed by atoms with Gasteiger partial charge in [0.1, 0.15) is 10.8 Å². The summed E-state index contributed by atoms with van der Waals surface area (Å²) in [4.78, 5) is 17.0. The second kappa shape index (κ2) is 8.47. The molecular weight excluding hydrogens is 404 g/mol. The lowest BCUT2D eigenvalue weighted by molar-refractivity contribution is -0.111. The fraction of sp³-hybridized carbons (Fsp3) is 0.0435. The number of methoxy groups -OCH3 is 1. The van der Waals surface area contributed by atoms with Crippen molar-refractivity contribution in [3.05, 3.63) is 83.4 Å². The molecule has 4 rings (SSSR count). The Labute approximate surface area is 177 Å². The van der Waals surface area contributed by atoms with E-state index < -0.39 is 0 Å². The number of anilines is 1. The number of halogens is 1. The maximum atomic E-state index is 12.3. The lowest BCUT2D eigenvalue weighted by atomic mass is 10.2. The van der Waals surface area contributed by atoms with Gasteiger partial charge in [-0.3, -0.25) is 4.79 Å². The minimum absolute atomic E-state index is 0.224. The maximum Gasteiger partial charge on any atom is 0.248 e. The van der Waals surface area contributed by atoms with E-state index in [0.717, 1.165) is 32.1 Å². The lowest BCUT2D eigenvalue weighted by Gasteiger charge is -2.06. The fourth-order valence-corrected chi connectivity index (χ4v) is 4.08. The topological polar surface area (TPSA) is 51.2 Å². The second-order valence-electron chi connectivity index (χ2n) is 6.28. The van der Waals surface area contributed by atoms with E-state index in [-0.39, 0.29) is 5.91 Å². The van der Waals surface area contributed by atoms with E-state index >= 15 is 0 Å². The zero-order valence-electron chi connectivity index (χ0n) is 15.6. The van der Waals surface area contributed by atoms with Gasteiger partial charge in [-0.2, -0.15) is 0 Å². The van der Waals surface area contributed by atoms with E-state index in [0.29, 0.717) is 10.7 Å². The van der Waals surface area contributed by atoms with Crippen LogP contribution in [0, 0.1) is 0 Å². The summed E-state index contributed by atoms with van der Waals surface area (Å²) in [5.74, 6) is 0.550. The number of carbonyl (C=O) groups excluding carboxylic acids is 1. The van der Waals surface area contributed by atoms with Gasteiger partial charge in [-0.15, -0.1) is 11.3 Å². The van der Waals surface area contributed by atoms with Crippen molar-refractivity contribution >= 4 is 50.8 Å². The standard InChI is InChI=1S/C23H17ClN2O2S/c1-28-17-10-6-15(7-11-17)8-13-22(27)25-16-9-12-19(24)18(14-16)23-26-20-4-2-3-5-21(20)29-23/h2-14H,1H3,(H,25,27). The first-order chi connectivity index (χ1) is 14.1. The van der Waals surface area contributed by atoms with E-state index in [4.69, 9.17) is 16.3 Å². The Hall–Kier alpha value is -3.15. The summed E-state index contributed by atoms with van der Waals surface area (Å²) in [7, 11) is 1.62. The molecule has 0 aliphatic carbocycles. The molecule has 1 heterocycles. The van der Waals surface area contributed by atoms with Crippen LogP contribution in [0.15, 0.2) is 72.8 Å². The molecular formula is C23H17ClN2O2S. The molecule has 4 nitrogen and oxygen atoms in total. The summed E-state index contributed by atoms with van der Waals surface area (Å²) in [6, 6.07) is 20.8. The van der Waals surface area contributed by atoms with Crippen LogP contribution in [0.3, 0.4) is 0 Å². The second-order valence-corrected chi connectivity index (χ2v) is 7.71. The minimum Gasteiger partial charge on any atom is -0.497 e. The number of hydrogen-bond donors (Lipinski definition) is 1. The van der Waals surface area contributed by atoms with Gasteiger partial charge in [0.15, 0.2) is 0 Å². The SMILES string of the molecule is COc1ccc(C=CC(=O)Nc2ccc(Cl)c(-c3nc4ccccc4s3)c2)cc1. The van der Waals surface area contributed by atoms with Gasteiger partial charge < -0.3 is 10.1 Å². The summed E-state index contributed by atoms with van der Waals surface area (Å²) in [6.07, 6.45) is 3.24. The van der Waals surface area contributed by atoms with E-state index in [1.54, 1.807) is 36.7 Å². The number of carbonyl (C=O) groups is 1. The molecule has 0 radical (unpaired) electrons. The maximum absolute atomic E-state index is 12.3. The quantitative estimate of drug-likeness (QED) is 0.387. The number of amides is 1. The Morgan fingerprint density at radius 3 is 2.66 bits per heavy atom. The third-order valence-corrected chi connectivity index (χ3v) is 5.70. The number of nitrogens with one attached hydrogen (secondary N) is 1. The molecule has 0 unspecified atom stereocenters. The molecule has 6 heteroatoms. The third kappa shape index (κ3) is 4.47. The number of nitrogens with zero attached hydrogens (tertiary/aromatic N) is 1. The molecule has 0 saturated carbocycles. The van der Waals surface area contributed by atoms with Gasteiger partial charge in [-0.1, -0.05) is 35.9 Å². The van der Waals surface area contributed by atoms with Gasteiger partial charge in [0, 0.05) is 17.3 Å². The van der Waals surface area contributed by atoms with Crippen molar-refractivity contribution < 1.29 is 9.53 Å². The molecule has 1 amide bonds. The Morgan fingerprint density at radius 1 is 1.10 bits per heavy atom.